The van der Waals surface area contributed by atoms with Crippen LogP contribution in [0.1, 0.15) is 11.1 Å². The third-order valence-electron chi connectivity index (χ3n) is 9.55. The molecule has 0 atom stereocenters. The molecule has 0 saturated carbocycles. The van der Waals surface area contributed by atoms with Crippen molar-refractivity contribution in [2.75, 3.05) is 20.1 Å². The number of phenolic OH excluding ortho intramolecular Hbond substituents is 1. The number of nitrogens with zero attached hydrogens (tertiary/aromatic N) is 4. The fourth-order valence-electron chi connectivity index (χ4n) is 7.36. The lowest BCUT2D eigenvalue weighted by molar-refractivity contribution is -0.0473. The standard InChI is InChI=1S/C41H34N4O2/c1-42(26-28-12-10-22-38(40(28)46)44-34-18-6-2-14-30(34)31-15-3-7-19-35(31)44)24-25-43-27-29-13-11-23-39(41(29)47-43)45-36-20-8-4-16-32(36)33-17-5-9-21-37(33)45/h2-23,46H,24-27H2,1H3. The minimum atomic E-state index is 0.312. The van der Waals surface area contributed by atoms with E-state index in [1.54, 1.807) is 0 Å². The Balaban J connectivity index is 0.954. The molecule has 0 fully saturated rings. The lowest BCUT2D eigenvalue weighted by Gasteiger charge is -2.22. The third kappa shape index (κ3) is 4.48. The second-order valence-electron chi connectivity index (χ2n) is 12.5. The van der Waals surface area contributed by atoms with Gasteiger partial charge in [-0.05, 0) is 43.4 Å². The predicted octanol–water partition coefficient (Wildman–Crippen LogP) is 8.83. The summed E-state index contributed by atoms with van der Waals surface area (Å²) < 4.78 is 4.50. The molecule has 0 bridgehead atoms. The van der Waals surface area contributed by atoms with Crippen molar-refractivity contribution < 1.29 is 9.94 Å². The average molecular weight is 615 g/mol. The lowest BCUT2D eigenvalue weighted by atomic mass is 10.1. The molecule has 1 aliphatic rings. The summed E-state index contributed by atoms with van der Waals surface area (Å²) in [5.41, 5.74) is 8.45. The molecule has 6 nitrogen and oxygen atoms in total. The second kappa shape index (κ2) is 11.1. The van der Waals surface area contributed by atoms with Gasteiger partial charge < -0.3 is 24.0 Å². The van der Waals surface area contributed by atoms with E-state index in [9.17, 15) is 5.11 Å². The van der Waals surface area contributed by atoms with E-state index in [4.69, 9.17) is 4.84 Å². The maximum Gasteiger partial charge on any atom is 0.176 e. The molecule has 0 saturated heterocycles. The SMILES string of the molecule is CN(CCN1Cc2cccc(-n3c4ccccc4c4ccccc43)c2O1)Cc1cccc(-n2c3ccccc3c3ccccc32)c1O. The normalized spacial score (nSPS) is 13.3. The van der Waals surface area contributed by atoms with Crippen LogP contribution in [0.4, 0.5) is 0 Å². The van der Waals surface area contributed by atoms with Crippen molar-refractivity contribution in [1.82, 2.24) is 19.1 Å². The van der Waals surface area contributed by atoms with Gasteiger partial charge in [-0.3, -0.25) is 0 Å². The largest absolute Gasteiger partial charge is 0.505 e. The quantitative estimate of drug-likeness (QED) is 0.195. The highest BCUT2D eigenvalue weighted by molar-refractivity contribution is 6.10. The molecular weight excluding hydrogens is 580 g/mol. The molecule has 0 unspecified atom stereocenters. The summed E-state index contributed by atoms with van der Waals surface area (Å²) in [7, 11) is 2.10. The molecule has 6 heteroatoms. The first-order chi connectivity index (χ1) is 23.2. The van der Waals surface area contributed by atoms with E-state index in [1.807, 2.05) is 23.3 Å². The van der Waals surface area contributed by atoms with Gasteiger partial charge in [-0.2, -0.15) is 0 Å². The number of para-hydroxylation sites is 6. The monoisotopic (exact) mass is 614 g/mol. The minimum Gasteiger partial charge on any atom is -0.505 e. The van der Waals surface area contributed by atoms with Crippen LogP contribution < -0.4 is 4.84 Å². The number of hydrogen-bond acceptors (Lipinski definition) is 4. The summed E-state index contributed by atoms with van der Waals surface area (Å²) in [6.45, 7) is 2.84. The molecule has 8 aromatic rings. The highest BCUT2D eigenvalue weighted by Gasteiger charge is 2.26. The number of phenols is 1. The topological polar surface area (TPSA) is 45.8 Å². The molecule has 3 heterocycles. The number of hydroxylamine groups is 2. The number of aromatic hydroxyl groups is 1. The number of benzene rings is 6. The lowest BCUT2D eigenvalue weighted by Crippen LogP contribution is -2.32. The van der Waals surface area contributed by atoms with E-state index in [-0.39, 0.29) is 0 Å². The molecular formula is C41H34N4O2. The first-order valence-electron chi connectivity index (χ1n) is 16.2. The van der Waals surface area contributed by atoms with Crippen molar-refractivity contribution in [3.8, 4) is 22.9 Å². The molecule has 0 spiro atoms. The number of likely N-dealkylation sites (N-methyl/N-ethyl adjacent to an activating group) is 1. The maximum atomic E-state index is 11.6. The van der Waals surface area contributed by atoms with Crippen LogP contribution in [0, 0.1) is 0 Å². The summed E-state index contributed by atoms with van der Waals surface area (Å²) in [5, 5.41) is 18.5. The maximum absolute atomic E-state index is 11.6. The first-order valence-corrected chi connectivity index (χ1v) is 16.2. The van der Waals surface area contributed by atoms with E-state index >= 15 is 0 Å². The minimum absolute atomic E-state index is 0.312. The van der Waals surface area contributed by atoms with Crippen LogP contribution in [0.3, 0.4) is 0 Å². The van der Waals surface area contributed by atoms with E-state index < -0.39 is 0 Å². The van der Waals surface area contributed by atoms with Crippen molar-refractivity contribution in [2.24, 2.45) is 0 Å². The third-order valence-corrected chi connectivity index (χ3v) is 9.55. The van der Waals surface area contributed by atoms with Crippen molar-refractivity contribution >= 4 is 43.6 Å². The smallest absolute Gasteiger partial charge is 0.176 e. The molecule has 230 valence electrons. The number of hydrogen-bond donors (Lipinski definition) is 1. The van der Waals surface area contributed by atoms with Gasteiger partial charge in [-0.1, -0.05) is 97.1 Å². The Hall–Kier alpha value is -5.56. The van der Waals surface area contributed by atoms with Gasteiger partial charge in [0.2, 0.25) is 0 Å². The number of aromatic nitrogens is 2. The summed E-state index contributed by atoms with van der Waals surface area (Å²) in [6, 6.07) is 46.4. The molecule has 2 aromatic heterocycles. The molecule has 1 aliphatic heterocycles. The Labute approximate surface area is 272 Å². The summed E-state index contributed by atoms with van der Waals surface area (Å²) in [4.78, 5) is 8.81. The summed E-state index contributed by atoms with van der Waals surface area (Å²) in [6.07, 6.45) is 0. The molecule has 0 amide bonds. The van der Waals surface area contributed by atoms with Crippen LogP contribution in [0.5, 0.6) is 11.5 Å². The number of fused-ring (bicyclic) bond motifs is 7. The summed E-state index contributed by atoms with van der Waals surface area (Å²) >= 11 is 0. The second-order valence-corrected chi connectivity index (χ2v) is 12.5. The first kappa shape index (κ1) is 27.7. The Morgan fingerprint density at radius 1 is 0.596 bits per heavy atom. The van der Waals surface area contributed by atoms with Gasteiger partial charge in [0.25, 0.3) is 0 Å². The van der Waals surface area contributed by atoms with E-state index in [0.717, 1.165) is 53.4 Å². The van der Waals surface area contributed by atoms with E-state index in [1.165, 1.54) is 38.1 Å². The average Bonchev–Trinajstić information content (AvgIpc) is 3.79. The Kier molecular flexibility index (Phi) is 6.52. The van der Waals surface area contributed by atoms with Crippen LogP contribution in [0.2, 0.25) is 0 Å². The molecule has 9 rings (SSSR count). The van der Waals surface area contributed by atoms with Crippen molar-refractivity contribution in [2.45, 2.75) is 13.1 Å². The zero-order valence-corrected chi connectivity index (χ0v) is 26.2. The Morgan fingerprint density at radius 3 is 1.66 bits per heavy atom. The highest BCUT2D eigenvalue weighted by atomic mass is 16.7. The molecule has 6 aromatic carbocycles. The Morgan fingerprint density at radius 2 is 1.09 bits per heavy atom. The van der Waals surface area contributed by atoms with Gasteiger partial charge in [0.15, 0.2) is 5.75 Å². The van der Waals surface area contributed by atoms with E-state index in [2.05, 4.69) is 136 Å². The zero-order valence-electron chi connectivity index (χ0n) is 26.2. The summed E-state index contributed by atoms with van der Waals surface area (Å²) in [5.74, 6) is 1.23. The van der Waals surface area contributed by atoms with Crippen LogP contribution in [-0.4, -0.2) is 44.3 Å². The zero-order chi connectivity index (χ0) is 31.5. The van der Waals surface area contributed by atoms with Crippen LogP contribution in [0.25, 0.3) is 55.0 Å². The van der Waals surface area contributed by atoms with Crippen molar-refractivity contribution in [1.29, 1.82) is 0 Å². The van der Waals surface area contributed by atoms with Gasteiger partial charge >= 0.3 is 0 Å². The molecule has 47 heavy (non-hydrogen) atoms. The molecule has 0 aliphatic carbocycles. The van der Waals surface area contributed by atoms with Crippen molar-refractivity contribution in [3.05, 3.63) is 145 Å². The number of rotatable bonds is 7. The van der Waals surface area contributed by atoms with Crippen LogP contribution in [-0.2, 0) is 13.1 Å². The van der Waals surface area contributed by atoms with Crippen LogP contribution >= 0.6 is 0 Å². The van der Waals surface area contributed by atoms with Crippen molar-refractivity contribution in [3.63, 3.8) is 0 Å². The van der Waals surface area contributed by atoms with Gasteiger partial charge in [0.1, 0.15) is 5.75 Å². The predicted molar refractivity (Wildman–Crippen MR) is 191 cm³/mol. The van der Waals surface area contributed by atoms with Crippen LogP contribution in [0.15, 0.2) is 133 Å². The fraction of sp³-hybridized carbons (Fsp3) is 0.122. The van der Waals surface area contributed by atoms with Gasteiger partial charge in [0, 0.05) is 52.3 Å². The Bertz CT molecular complexity index is 2350. The van der Waals surface area contributed by atoms with Gasteiger partial charge in [-0.15, -0.1) is 5.06 Å². The fourth-order valence-corrected chi connectivity index (χ4v) is 7.36. The molecule has 1 N–H and O–H groups in total. The van der Waals surface area contributed by atoms with Gasteiger partial charge in [0.05, 0.1) is 40.0 Å². The van der Waals surface area contributed by atoms with E-state index in [0.29, 0.717) is 12.3 Å². The molecule has 0 radical (unpaired) electrons. The highest BCUT2D eigenvalue weighted by Crippen LogP contribution is 2.40. The van der Waals surface area contributed by atoms with Gasteiger partial charge in [-0.25, -0.2) is 0 Å².